The normalized spacial score (nSPS) is 20.8. The van der Waals surface area contributed by atoms with E-state index in [1.807, 2.05) is 24.3 Å². The molecule has 2 aliphatic heterocycles. The van der Waals surface area contributed by atoms with Crippen LogP contribution in [0, 0.1) is 17.9 Å². The molecule has 174 valence electrons. The Kier molecular flexibility index (Phi) is 6.74. The minimum atomic E-state index is -0.254. The quantitative estimate of drug-likeness (QED) is 0.520. The molecule has 34 heavy (non-hydrogen) atoms. The van der Waals surface area contributed by atoms with Gasteiger partial charge in [-0.1, -0.05) is 18.2 Å². The first-order chi connectivity index (χ1) is 16.1. The molecule has 0 aliphatic carbocycles. The van der Waals surface area contributed by atoms with Gasteiger partial charge in [0.1, 0.15) is 11.8 Å². The molecule has 2 aliphatic rings. The van der Waals surface area contributed by atoms with Gasteiger partial charge < -0.3 is 20.1 Å². The molecule has 1 aromatic heterocycles. The fourth-order valence-electron chi connectivity index (χ4n) is 5.15. The number of piperidine rings is 1. The number of anilines is 2. The Morgan fingerprint density at radius 1 is 1.18 bits per heavy atom. The molecule has 2 aromatic carbocycles. The van der Waals surface area contributed by atoms with Gasteiger partial charge in [0.15, 0.2) is 17.3 Å². The number of benzene rings is 2. The van der Waals surface area contributed by atoms with E-state index in [1.165, 1.54) is 0 Å². The highest BCUT2D eigenvalue weighted by atomic mass is 35.5. The van der Waals surface area contributed by atoms with Crippen molar-refractivity contribution in [3.8, 4) is 11.8 Å². The number of rotatable bonds is 5. The maximum absolute atomic E-state index is 10.2. The SMILES string of the molecule is Cl.[C-]#[N+]c1ccc2c(N3C4CCC3CC(O)C4)nnc(NCc3ccc(OC)c(C#N)c3)c2c1. The molecule has 3 aromatic rings. The van der Waals surface area contributed by atoms with E-state index in [0.717, 1.165) is 47.8 Å². The molecule has 5 rings (SSSR count). The molecule has 0 amide bonds. The van der Waals surface area contributed by atoms with Gasteiger partial charge in [-0.15, -0.1) is 22.6 Å². The van der Waals surface area contributed by atoms with Crippen LogP contribution in [0.25, 0.3) is 15.6 Å². The zero-order valence-corrected chi connectivity index (χ0v) is 19.5. The van der Waals surface area contributed by atoms with Crippen molar-refractivity contribution in [1.29, 1.82) is 5.26 Å². The highest BCUT2D eigenvalue weighted by molar-refractivity contribution is 6.00. The maximum Gasteiger partial charge on any atom is 0.188 e. The zero-order chi connectivity index (χ0) is 22.9. The van der Waals surface area contributed by atoms with Crippen molar-refractivity contribution in [3.63, 3.8) is 0 Å². The van der Waals surface area contributed by atoms with Gasteiger partial charge in [0, 0.05) is 29.4 Å². The molecule has 2 saturated heterocycles. The zero-order valence-electron chi connectivity index (χ0n) is 18.7. The minimum Gasteiger partial charge on any atom is -0.495 e. The molecule has 2 N–H and O–H groups in total. The molecule has 0 saturated carbocycles. The Hall–Kier alpha value is -3.59. The molecular weight excluding hydrogens is 452 g/mol. The number of methoxy groups -OCH3 is 1. The fourth-order valence-corrected chi connectivity index (χ4v) is 5.15. The third kappa shape index (κ3) is 4.19. The van der Waals surface area contributed by atoms with Gasteiger partial charge in [0.05, 0.1) is 25.3 Å². The molecule has 2 unspecified atom stereocenters. The number of fused-ring (bicyclic) bond motifs is 3. The summed E-state index contributed by atoms with van der Waals surface area (Å²) < 4.78 is 5.22. The number of aliphatic hydroxyl groups is 1. The molecule has 2 bridgehead atoms. The summed E-state index contributed by atoms with van der Waals surface area (Å²) in [7, 11) is 1.54. The summed E-state index contributed by atoms with van der Waals surface area (Å²) in [5.74, 6) is 1.96. The highest BCUT2D eigenvalue weighted by Gasteiger charge is 2.41. The average Bonchev–Trinajstić information content (AvgIpc) is 3.11. The van der Waals surface area contributed by atoms with Crippen LogP contribution in [0.4, 0.5) is 17.3 Å². The standard InChI is InChI=1S/C25H24N6O2.ClH/c1-27-17-4-7-21-22(10-17)24(28-14-15-3-8-23(33-2)16(9-15)13-26)29-30-25(21)31-18-5-6-19(31)12-20(32)11-18;/h3-4,7-10,18-20,32H,5-6,11-12,14H2,2H3,(H,28,29);1H. The lowest BCUT2D eigenvalue weighted by atomic mass is 9.99. The van der Waals surface area contributed by atoms with E-state index < -0.39 is 0 Å². The number of aromatic nitrogens is 2. The number of hydrogen-bond acceptors (Lipinski definition) is 7. The molecule has 2 fully saturated rings. The largest absolute Gasteiger partial charge is 0.495 e. The lowest BCUT2D eigenvalue weighted by Crippen LogP contribution is -2.45. The Balaban J connectivity index is 0.00000274. The summed E-state index contributed by atoms with van der Waals surface area (Å²) >= 11 is 0. The van der Waals surface area contributed by atoms with Crippen LogP contribution in [0.15, 0.2) is 36.4 Å². The average molecular weight is 477 g/mol. The smallest absolute Gasteiger partial charge is 0.188 e. The third-order valence-electron chi connectivity index (χ3n) is 6.67. The van der Waals surface area contributed by atoms with Crippen LogP contribution in [0.1, 0.15) is 36.8 Å². The predicted molar refractivity (Wildman–Crippen MR) is 133 cm³/mol. The number of nitriles is 1. The van der Waals surface area contributed by atoms with E-state index in [2.05, 4.69) is 31.3 Å². The predicted octanol–water partition coefficient (Wildman–Crippen LogP) is 4.59. The van der Waals surface area contributed by atoms with Crippen molar-refractivity contribution in [2.24, 2.45) is 0 Å². The summed E-state index contributed by atoms with van der Waals surface area (Å²) in [5.41, 5.74) is 1.93. The summed E-state index contributed by atoms with van der Waals surface area (Å²) in [6.45, 7) is 7.89. The van der Waals surface area contributed by atoms with Crippen LogP contribution < -0.4 is 15.0 Å². The number of halogens is 1. The minimum absolute atomic E-state index is 0. The highest BCUT2D eigenvalue weighted by Crippen LogP contribution is 2.42. The van der Waals surface area contributed by atoms with E-state index in [9.17, 15) is 10.4 Å². The van der Waals surface area contributed by atoms with Crippen molar-refractivity contribution in [3.05, 3.63) is 58.9 Å². The van der Waals surface area contributed by atoms with Crippen molar-refractivity contribution < 1.29 is 9.84 Å². The molecule has 2 atom stereocenters. The van der Waals surface area contributed by atoms with Crippen molar-refractivity contribution in [2.45, 2.75) is 50.4 Å². The first kappa shape index (κ1) is 23.6. The number of nitrogens with zero attached hydrogens (tertiary/aromatic N) is 5. The van der Waals surface area contributed by atoms with Gasteiger partial charge in [-0.05, 0) is 49.4 Å². The van der Waals surface area contributed by atoms with Crippen LogP contribution in [-0.4, -0.2) is 40.6 Å². The van der Waals surface area contributed by atoms with Crippen molar-refractivity contribution in [2.75, 3.05) is 17.3 Å². The molecule has 0 spiro atoms. The lowest BCUT2D eigenvalue weighted by Gasteiger charge is -2.38. The topological polar surface area (TPSA) is 98.7 Å². The van der Waals surface area contributed by atoms with Gasteiger partial charge in [0.25, 0.3) is 0 Å². The van der Waals surface area contributed by atoms with E-state index in [0.29, 0.717) is 29.4 Å². The number of hydrogen-bond donors (Lipinski definition) is 2. The number of ether oxygens (including phenoxy) is 1. The number of nitrogens with one attached hydrogen (secondary N) is 1. The van der Waals surface area contributed by atoms with Crippen LogP contribution >= 0.6 is 12.4 Å². The summed E-state index contributed by atoms with van der Waals surface area (Å²) in [6.07, 6.45) is 3.33. The van der Waals surface area contributed by atoms with Gasteiger partial charge in [-0.2, -0.15) is 5.26 Å². The van der Waals surface area contributed by atoms with Crippen LogP contribution in [-0.2, 0) is 6.54 Å². The van der Waals surface area contributed by atoms with E-state index >= 15 is 0 Å². The summed E-state index contributed by atoms with van der Waals surface area (Å²) in [4.78, 5) is 5.92. The maximum atomic E-state index is 10.2. The van der Waals surface area contributed by atoms with Crippen LogP contribution in [0.5, 0.6) is 5.75 Å². The van der Waals surface area contributed by atoms with Gasteiger partial charge in [0.2, 0.25) is 0 Å². The van der Waals surface area contributed by atoms with Crippen molar-refractivity contribution >= 4 is 40.5 Å². The first-order valence-corrected chi connectivity index (χ1v) is 11.1. The van der Waals surface area contributed by atoms with E-state index in [4.69, 9.17) is 11.3 Å². The Morgan fingerprint density at radius 2 is 1.94 bits per heavy atom. The third-order valence-corrected chi connectivity index (χ3v) is 6.67. The Morgan fingerprint density at radius 3 is 2.62 bits per heavy atom. The molecular formula is C25H25ClN6O2. The summed E-state index contributed by atoms with van der Waals surface area (Å²) in [5, 5.41) is 33.8. The number of aliphatic hydroxyl groups excluding tert-OH is 1. The summed E-state index contributed by atoms with van der Waals surface area (Å²) in [6, 6.07) is 13.8. The van der Waals surface area contributed by atoms with Crippen LogP contribution in [0.2, 0.25) is 0 Å². The molecule has 9 heteroatoms. The lowest BCUT2D eigenvalue weighted by molar-refractivity contribution is 0.126. The molecule has 8 nitrogen and oxygen atoms in total. The van der Waals surface area contributed by atoms with Gasteiger partial charge in [-0.3, -0.25) is 0 Å². The second kappa shape index (κ2) is 9.72. The molecule has 0 radical (unpaired) electrons. The van der Waals surface area contributed by atoms with Gasteiger partial charge >= 0.3 is 0 Å². The second-order valence-electron chi connectivity index (χ2n) is 8.63. The first-order valence-electron chi connectivity index (χ1n) is 11.1. The Labute approximate surface area is 204 Å². The van der Waals surface area contributed by atoms with E-state index in [1.54, 1.807) is 19.2 Å². The van der Waals surface area contributed by atoms with Crippen LogP contribution in [0.3, 0.4) is 0 Å². The monoisotopic (exact) mass is 476 g/mol. The van der Waals surface area contributed by atoms with Gasteiger partial charge in [-0.25, -0.2) is 4.85 Å². The molecule has 3 heterocycles. The Bertz CT molecular complexity index is 1290. The van der Waals surface area contributed by atoms with E-state index in [-0.39, 0.29) is 30.6 Å². The van der Waals surface area contributed by atoms with Crippen molar-refractivity contribution in [1.82, 2.24) is 10.2 Å². The second-order valence-corrected chi connectivity index (χ2v) is 8.63. The fraction of sp³-hybridized carbons (Fsp3) is 0.360.